The van der Waals surface area contributed by atoms with E-state index >= 15 is 0 Å². The number of ether oxygens (including phenoxy) is 1. The predicted octanol–water partition coefficient (Wildman–Crippen LogP) is -0.502. The second kappa shape index (κ2) is 7.19. The average molecular weight is 354 g/mol. The molecule has 3 heterocycles. The highest BCUT2D eigenvalue weighted by Gasteiger charge is 2.47. The van der Waals surface area contributed by atoms with Gasteiger partial charge < -0.3 is 26.4 Å². The van der Waals surface area contributed by atoms with E-state index in [2.05, 4.69) is 15.0 Å². The first-order valence-electron chi connectivity index (χ1n) is 7.81. The first-order valence-corrected chi connectivity index (χ1v) is 8.85. The Hall–Kier alpha value is -1.46. The number of imidazole rings is 1. The Balaban J connectivity index is 1.94. The summed E-state index contributed by atoms with van der Waals surface area (Å²) in [5.41, 5.74) is 12.4. The van der Waals surface area contributed by atoms with Crippen LogP contribution in [0.2, 0.25) is 0 Å². The van der Waals surface area contributed by atoms with Crippen LogP contribution in [0.25, 0.3) is 11.2 Å². The van der Waals surface area contributed by atoms with Crippen molar-refractivity contribution >= 4 is 28.7 Å². The fraction of sp³-hybridized carbons (Fsp3) is 0.643. The first kappa shape index (κ1) is 17.4. The molecule has 5 atom stereocenters. The van der Waals surface area contributed by atoms with Gasteiger partial charge in [-0.1, -0.05) is 0 Å². The highest BCUT2D eigenvalue weighted by atomic mass is 32.2. The normalized spacial score (nSPS) is 28.5. The number of hydrogen-bond acceptors (Lipinski definition) is 9. The van der Waals surface area contributed by atoms with Gasteiger partial charge in [0.1, 0.15) is 17.9 Å². The van der Waals surface area contributed by atoms with E-state index in [0.717, 1.165) is 12.2 Å². The Bertz CT molecular complexity index is 696. The van der Waals surface area contributed by atoms with E-state index in [4.69, 9.17) is 16.2 Å². The zero-order valence-corrected chi connectivity index (χ0v) is 14.1. The van der Waals surface area contributed by atoms with Gasteiger partial charge in [-0.05, 0) is 25.6 Å². The summed E-state index contributed by atoms with van der Waals surface area (Å²) in [4.78, 5) is 12.4. The molecular formula is C14H22N6O3S. The lowest BCUT2D eigenvalue weighted by atomic mass is 10.1. The Kier molecular flexibility index (Phi) is 5.21. The van der Waals surface area contributed by atoms with Gasteiger partial charge in [0.2, 0.25) is 0 Å². The summed E-state index contributed by atoms with van der Waals surface area (Å²) < 4.78 is 7.68. The third-order valence-electron chi connectivity index (χ3n) is 4.05. The number of nitrogens with two attached hydrogens (primary N) is 2. The third kappa shape index (κ3) is 3.07. The number of nitrogen functional groups attached to an aromatic ring is 1. The van der Waals surface area contributed by atoms with Crippen LogP contribution >= 0.6 is 11.8 Å². The minimum atomic E-state index is -0.811. The van der Waals surface area contributed by atoms with Gasteiger partial charge in [-0.25, -0.2) is 15.0 Å². The van der Waals surface area contributed by atoms with Crippen LogP contribution in [0.5, 0.6) is 0 Å². The van der Waals surface area contributed by atoms with Gasteiger partial charge in [-0.3, -0.25) is 4.57 Å². The molecule has 9 nitrogen and oxygen atoms in total. The maximum atomic E-state index is 10.6. The molecule has 6 N–H and O–H groups in total. The summed E-state index contributed by atoms with van der Waals surface area (Å²) in [6.07, 6.45) is 0.979. The highest BCUT2D eigenvalue weighted by molar-refractivity contribution is 8.00. The lowest BCUT2D eigenvalue weighted by Crippen LogP contribution is -2.36. The number of hydrogen-bond donors (Lipinski definition) is 4. The molecule has 0 saturated carbocycles. The third-order valence-corrected chi connectivity index (χ3v) is 5.47. The number of nitrogens with zero attached hydrogens (tertiary/aromatic N) is 4. The van der Waals surface area contributed by atoms with Crippen molar-refractivity contribution in [2.75, 3.05) is 18.0 Å². The van der Waals surface area contributed by atoms with Crippen LogP contribution in [0.15, 0.2) is 12.7 Å². The molecule has 1 fully saturated rings. The van der Waals surface area contributed by atoms with E-state index in [0.29, 0.717) is 17.7 Å². The molecule has 3 rings (SSSR count). The maximum absolute atomic E-state index is 10.6. The van der Waals surface area contributed by atoms with Crippen LogP contribution < -0.4 is 11.5 Å². The van der Waals surface area contributed by atoms with E-state index in [9.17, 15) is 10.2 Å². The molecular weight excluding hydrogens is 332 g/mol. The number of thioether (sulfide) groups is 1. The van der Waals surface area contributed by atoms with E-state index in [-0.39, 0.29) is 11.1 Å². The molecule has 1 saturated heterocycles. The summed E-state index contributed by atoms with van der Waals surface area (Å²) in [7, 11) is 0. The van der Waals surface area contributed by atoms with Gasteiger partial charge in [0.25, 0.3) is 0 Å². The second-order valence-corrected chi connectivity index (χ2v) is 7.07. The summed E-state index contributed by atoms with van der Waals surface area (Å²) in [6, 6.07) is 0. The van der Waals surface area contributed by atoms with Crippen LogP contribution in [0.4, 0.5) is 5.82 Å². The van der Waals surface area contributed by atoms with Gasteiger partial charge in [-0.2, -0.15) is 11.8 Å². The molecule has 10 heteroatoms. The molecule has 24 heavy (non-hydrogen) atoms. The number of aliphatic hydroxyl groups is 2. The molecule has 1 unspecified atom stereocenters. The minimum absolute atomic E-state index is 0.273. The number of aliphatic hydroxyl groups excluding tert-OH is 2. The molecule has 0 amide bonds. The zero-order valence-electron chi connectivity index (χ0n) is 13.3. The van der Waals surface area contributed by atoms with Gasteiger partial charge in [0.05, 0.1) is 23.8 Å². The molecule has 0 radical (unpaired) electrons. The quantitative estimate of drug-likeness (QED) is 0.504. The molecule has 2 aromatic heterocycles. The number of fused-ring (bicyclic) bond motifs is 1. The van der Waals surface area contributed by atoms with Crippen molar-refractivity contribution in [3.8, 4) is 0 Å². The Morgan fingerprint density at radius 1 is 1.42 bits per heavy atom. The van der Waals surface area contributed by atoms with Crippen molar-refractivity contribution in [3.63, 3.8) is 0 Å². The second-order valence-electron chi connectivity index (χ2n) is 5.78. The van der Waals surface area contributed by atoms with Gasteiger partial charge in [-0.15, -0.1) is 0 Å². The first-order chi connectivity index (χ1) is 11.5. The van der Waals surface area contributed by atoms with Crippen molar-refractivity contribution in [1.29, 1.82) is 0 Å². The molecule has 2 aromatic rings. The predicted molar refractivity (Wildman–Crippen MR) is 91.3 cm³/mol. The number of rotatable bonds is 6. The largest absolute Gasteiger partial charge is 0.391 e. The molecule has 1 aliphatic rings. The van der Waals surface area contributed by atoms with Gasteiger partial charge in [0, 0.05) is 0 Å². The van der Waals surface area contributed by atoms with E-state index in [1.54, 1.807) is 29.6 Å². The minimum Gasteiger partial charge on any atom is -0.391 e. The van der Waals surface area contributed by atoms with Gasteiger partial charge >= 0.3 is 0 Å². The summed E-state index contributed by atoms with van der Waals surface area (Å²) in [5, 5.41) is 20.2. The average Bonchev–Trinajstić information content (AvgIpc) is 3.11. The van der Waals surface area contributed by atoms with Crippen LogP contribution in [0, 0.1) is 0 Å². The topological polar surface area (TPSA) is 145 Å². The lowest BCUT2D eigenvalue weighted by molar-refractivity contribution is -0.0749. The van der Waals surface area contributed by atoms with E-state index in [1.165, 1.54) is 6.33 Å². The summed E-state index contributed by atoms with van der Waals surface area (Å²) in [5.74, 6) is 1.07. The van der Waals surface area contributed by atoms with Crippen molar-refractivity contribution < 1.29 is 14.9 Å². The van der Waals surface area contributed by atoms with Crippen LogP contribution in [-0.4, -0.2) is 65.6 Å². The molecule has 0 aliphatic carbocycles. The highest BCUT2D eigenvalue weighted by Crippen LogP contribution is 2.40. The Morgan fingerprint density at radius 2 is 2.21 bits per heavy atom. The SMILES string of the molecule is CC(O)[C@H]1O[C@@H](n2cnc3c(N)ncnc32)[C@H](SCCCN)[C@@H]1O. The monoisotopic (exact) mass is 354 g/mol. The maximum Gasteiger partial charge on any atom is 0.167 e. The standard InChI is InChI=1S/C14H22N6O3S/c1-7(21)10-9(22)11(24-4-2-3-15)14(23-10)20-6-19-8-12(16)17-5-18-13(8)20/h5-7,9-11,14,21-22H,2-4,15H2,1H3,(H2,16,17,18)/t7?,9-,10-,11-,14-/m1/s1. The molecule has 132 valence electrons. The lowest BCUT2D eigenvalue weighted by Gasteiger charge is -2.21. The Labute approximate surface area is 143 Å². The number of anilines is 1. The zero-order chi connectivity index (χ0) is 17.3. The summed E-state index contributed by atoms with van der Waals surface area (Å²) in [6.45, 7) is 2.18. The van der Waals surface area contributed by atoms with Crippen LogP contribution in [-0.2, 0) is 4.74 Å². The molecule has 0 aromatic carbocycles. The van der Waals surface area contributed by atoms with Gasteiger partial charge in [0.15, 0.2) is 17.7 Å². The van der Waals surface area contributed by atoms with E-state index in [1.807, 2.05) is 0 Å². The Morgan fingerprint density at radius 3 is 2.92 bits per heavy atom. The smallest absolute Gasteiger partial charge is 0.167 e. The molecule has 0 bridgehead atoms. The summed E-state index contributed by atoms with van der Waals surface area (Å²) >= 11 is 1.57. The van der Waals surface area contributed by atoms with Crippen molar-refractivity contribution in [2.45, 2.75) is 43.1 Å². The van der Waals surface area contributed by atoms with Crippen LogP contribution in [0.3, 0.4) is 0 Å². The fourth-order valence-corrected chi connectivity index (χ4v) is 4.15. The van der Waals surface area contributed by atoms with E-state index < -0.39 is 24.5 Å². The van der Waals surface area contributed by atoms with Crippen molar-refractivity contribution in [2.24, 2.45) is 5.73 Å². The van der Waals surface area contributed by atoms with Crippen LogP contribution in [0.1, 0.15) is 19.6 Å². The number of aromatic nitrogens is 4. The fourth-order valence-electron chi connectivity index (χ4n) is 2.84. The molecule has 1 aliphatic heterocycles. The molecule has 0 spiro atoms. The van der Waals surface area contributed by atoms with Crippen molar-refractivity contribution in [3.05, 3.63) is 12.7 Å². The van der Waals surface area contributed by atoms with Crippen molar-refractivity contribution in [1.82, 2.24) is 19.5 Å².